The minimum atomic E-state index is -4.48. The van der Waals surface area contributed by atoms with Gasteiger partial charge in [-0.15, -0.1) is 0 Å². The van der Waals surface area contributed by atoms with Gasteiger partial charge in [-0.25, -0.2) is 5.48 Å². The first kappa shape index (κ1) is 12.9. The molecule has 88 valence electrons. The van der Waals surface area contributed by atoms with E-state index in [4.69, 9.17) is 0 Å². The number of carbonyl (C=O) groups excluding carboxylic acids is 1. The highest BCUT2D eigenvalue weighted by atomic mass is 79.9. The lowest BCUT2D eigenvalue weighted by molar-refractivity contribution is -0.184. The maximum absolute atomic E-state index is 11.7. The number of carbonyl (C=O) groups is 1. The van der Waals surface area contributed by atoms with E-state index in [-0.39, 0.29) is 5.56 Å². The van der Waals surface area contributed by atoms with Gasteiger partial charge in [0.15, 0.2) is 6.61 Å². The SMILES string of the molecule is O=C(NOCC(F)(F)F)c1cncc(Br)c1. The molecule has 1 rings (SSSR count). The van der Waals surface area contributed by atoms with E-state index in [2.05, 4.69) is 25.8 Å². The molecule has 0 spiro atoms. The molecular weight excluding hydrogens is 293 g/mol. The van der Waals surface area contributed by atoms with Crippen LogP contribution in [-0.4, -0.2) is 23.7 Å². The second-order valence-corrected chi connectivity index (χ2v) is 3.64. The van der Waals surface area contributed by atoms with Crippen LogP contribution in [-0.2, 0) is 4.84 Å². The third-order valence-electron chi connectivity index (χ3n) is 1.37. The van der Waals surface area contributed by atoms with Crippen molar-refractivity contribution in [1.82, 2.24) is 10.5 Å². The first-order chi connectivity index (χ1) is 7.38. The zero-order chi connectivity index (χ0) is 12.2. The standard InChI is InChI=1S/C8H6BrF3N2O2/c9-6-1-5(2-13-3-6)7(15)14-16-4-8(10,11)12/h1-3H,4H2,(H,14,15). The van der Waals surface area contributed by atoms with E-state index in [1.807, 2.05) is 0 Å². The molecule has 0 unspecified atom stereocenters. The quantitative estimate of drug-likeness (QED) is 0.869. The van der Waals surface area contributed by atoms with Gasteiger partial charge in [0.05, 0.1) is 5.56 Å². The van der Waals surface area contributed by atoms with Crippen LogP contribution in [0.25, 0.3) is 0 Å². The summed E-state index contributed by atoms with van der Waals surface area (Å²) in [5, 5.41) is 0. The molecule has 16 heavy (non-hydrogen) atoms. The van der Waals surface area contributed by atoms with Gasteiger partial charge in [-0.2, -0.15) is 13.2 Å². The van der Waals surface area contributed by atoms with Crippen molar-refractivity contribution < 1.29 is 22.8 Å². The Morgan fingerprint density at radius 1 is 1.50 bits per heavy atom. The number of halogens is 4. The average Bonchev–Trinajstić information content (AvgIpc) is 2.15. The fourth-order valence-corrected chi connectivity index (χ4v) is 1.14. The van der Waals surface area contributed by atoms with Crippen LogP contribution in [0.4, 0.5) is 13.2 Å². The number of pyridine rings is 1. The van der Waals surface area contributed by atoms with Gasteiger partial charge in [-0.05, 0) is 22.0 Å². The second-order valence-electron chi connectivity index (χ2n) is 2.73. The maximum atomic E-state index is 11.7. The first-order valence-corrected chi connectivity index (χ1v) is 4.77. The third kappa shape index (κ3) is 4.58. The van der Waals surface area contributed by atoms with E-state index < -0.39 is 18.7 Å². The summed E-state index contributed by atoms with van der Waals surface area (Å²) in [6.45, 7) is -1.54. The van der Waals surface area contributed by atoms with Gasteiger partial charge in [0, 0.05) is 16.9 Å². The summed E-state index contributed by atoms with van der Waals surface area (Å²) in [7, 11) is 0. The van der Waals surface area contributed by atoms with Crippen LogP contribution in [0.1, 0.15) is 10.4 Å². The van der Waals surface area contributed by atoms with E-state index in [9.17, 15) is 18.0 Å². The minimum Gasteiger partial charge on any atom is -0.267 e. The van der Waals surface area contributed by atoms with E-state index in [1.165, 1.54) is 18.5 Å². The fourth-order valence-electron chi connectivity index (χ4n) is 0.778. The molecule has 0 saturated heterocycles. The summed E-state index contributed by atoms with van der Waals surface area (Å²) < 4.78 is 35.6. The molecule has 0 bridgehead atoms. The number of hydrogen-bond donors (Lipinski definition) is 1. The number of nitrogens with zero attached hydrogens (tertiary/aromatic N) is 1. The highest BCUT2D eigenvalue weighted by Crippen LogP contribution is 2.14. The summed E-state index contributed by atoms with van der Waals surface area (Å²) in [4.78, 5) is 18.9. The number of rotatable bonds is 3. The third-order valence-corrected chi connectivity index (χ3v) is 1.80. The molecule has 0 radical (unpaired) electrons. The minimum absolute atomic E-state index is 0.0940. The molecule has 0 atom stereocenters. The topological polar surface area (TPSA) is 51.2 Å². The number of hydrogen-bond acceptors (Lipinski definition) is 3. The predicted octanol–water partition coefficient (Wildman–Crippen LogP) is 2.07. The van der Waals surface area contributed by atoms with Crippen LogP contribution in [0.2, 0.25) is 0 Å². The van der Waals surface area contributed by atoms with Gasteiger partial charge in [0.2, 0.25) is 0 Å². The normalized spacial score (nSPS) is 11.2. The smallest absolute Gasteiger partial charge is 0.267 e. The molecule has 1 heterocycles. The van der Waals surface area contributed by atoms with Crippen molar-refractivity contribution in [2.75, 3.05) is 6.61 Å². The Labute approximate surface area is 96.9 Å². The number of amides is 1. The lowest BCUT2D eigenvalue weighted by Gasteiger charge is -2.08. The fraction of sp³-hybridized carbons (Fsp3) is 0.250. The monoisotopic (exact) mass is 298 g/mol. The van der Waals surface area contributed by atoms with Crippen molar-refractivity contribution in [3.05, 3.63) is 28.5 Å². The predicted molar refractivity (Wildman–Crippen MR) is 51.4 cm³/mol. The Balaban J connectivity index is 2.47. The highest BCUT2D eigenvalue weighted by Gasteiger charge is 2.28. The van der Waals surface area contributed by atoms with Gasteiger partial charge in [0.1, 0.15) is 0 Å². The van der Waals surface area contributed by atoms with Crippen molar-refractivity contribution in [2.24, 2.45) is 0 Å². The molecule has 0 fully saturated rings. The second kappa shape index (κ2) is 5.26. The largest absolute Gasteiger partial charge is 0.414 e. The molecular formula is C8H6BrF3N2O2. The Morgan fingerprint density at radius 3 is 2.75 bits per heavy atom. The summed E-state index contributed by atoms with van der Waals surface area (Å²) in [6.07, 6.45) is -1.84. The van der Waals surface area contributed by atoms with Gasteiger partial charge in [-0.1, -0.05) is 0 Å². The summed E-state index contributed by atoms with van der Waals surface area (Å²) in [5.41, 5.74) is 1.76. The van der Waals surface area contributed by atoms with Crippen molar-refractivity contribution in [2.45, 2.75) is 6.18 Å². The molecule has 0 aliphatic rings. The molecule has 1 amide bonds. The Bertz CT molecular complexity index is 384. The lowest BCUT2D eigenvalue weighted by Crippen LogP contribution is -2.29. The number of aromatic nitrogens is 1. The van der Waals surface area contributed by atoms with Crippen LogP contribution in [0.5, 0.6) is 0 Å². The molecule has 4 nitrogen and oxygen atoms in total. The van der Waals surface area contributed by atoms with Crippen LogP contribution in [0.15, 0.2) is 22.9 Å². The van der Waals surface area contributed by atoms with Crippen LogP contribution in [0.3, 0.4) is 0 Å². The van der Waals surface area contributed by atoms with E-state index in [0.717, 1.165) is 0 Å². The van der Waals surface area contributed by atoms with Crippen molar-refractivity contribution in [3.63, 3.8) is 0 Å². The van der Waals surface area contributed by atoms with E-state index in [0.29, 0.717) is 4.47 Å². The number of nitrogens with one attached hydrogen (secondary N) is 1. The molecule has 1 aromatic heterocycles. The Morgan fingerprint density at radius 2 is 2.19 bits per heavy atom. The Kier molecular flexibility index (Phi) is 4.25. The molecule has 0 aromatic carbocycles. The zero-order valence-electron chi connectivity index (χ0n) is 7.71. The van der Waals surface area contributed by atoms with Gasteiger partial charge in [-0.3, -0.25) is 14.6 Å². The van der Waals surface area contributed by atoms with Crippen LogP contribution < -0.4 is 5.48 Å². The zero-order valence-corrected chi connectivity index (χ0v) is 9.30. The first-order valence-electron chi connectivity index (χ1n) is 3.98. The lowest BCUT2D eigenvalue weighted by atomic mass is 10.3. The van der Waals surface area contributed by atoms with Gasteiger partial charge >= 0.3 is 6.18 Å². The van der Waals surface area contributed by atoms with Gasteiger partial charge < -0.3 is 0 Å². The molecule has 8 heteroatoms. The van der Waals surface area contributed by atoms with Crippen LogP contribution in [0, 0.1) is 0 Å². The van der Waals surface area contributed by atoms with Crippen molar-refractivity contribution in [3.8, 4) is 0 Å². The number of alkyl halides is 3. The summed E-state index contributed by atoms with van der Waals surface area (Å²) >= 11 is 3.07. The molecule has 0 saturated carbocycles. The highest BCUT2D eigenvalue weighted by molar-refractivity contribution is 9.10. The average molecular weight is 299 g/mol. The number of hydroxylamine groups is 1. The molecule has 1 N–H and O–H groups in total. The summed E-state index contributed by atoms with van der Waals surface area (Å²) in [5.74, 6) is -0.793. The van der Waals surface area contributed by atoms with E-state index in [1.54, 1.807) is 5.48 Å². The van der Waals surface area contributed by atoms with Crippen LogP contribution >= 0.6 is 15.9 Å². The van der Waals surface area contributed by atoms with Crippen molar-refractivity contribution >= 4 is 21.8 Å². The molecule has 0 aliphatic carbocycles. The summed E-state index contributed by atoms with van der Waals surface area (Å²) in [6, 6.07) is 1.40. The maximum Gasteiger partial charge on any atom is 0.414 e. The Hall–Kier alpha value is -1.15. The van der Waals surface area contributed by atoms with Gasteiger partial charge in [0.25, 0.3) is 5.91 Å². The molecule has 0 aliphatic heterocycles. The van der Waals surface area contributed by atoms with Crippen molar-refractivity contribution in [1.29, 1.82) is 0 Å². The van der Waals surface area contributed by atoms with E-state index >= 15 is 0 Å². The molecule has 1 aromatic rings.